The Bertz CT molecular complexity index is 486. The van der Waals surface area contributed by atoms with E-state index in [4.69, 9.17) is 0 Å². The maximum Gasteiger partial charge on any atom is 0.150 e. The lowest BCUT2D eigenvalue weighted by atomic mass is 9.92. The average molecular weight is 359 g/mol. The van der Waals surface area contributed by atoms with E-state index in [1.807, 2.05) is 0 Å². The van der Waals surface area contributed by atoms with E-state index in [2.05, 4.69) is 9.80 Å². The van der Waals surface area contributed by atoms with E-state index < -0.39 is 15.4 Å². The summed E-state index contributed by atoms with van der Waals surface area (Å²) in [4.78, 5) is 5.03. The Morgan fingerprint density at radius 1 is 0.917 bits per heavy atom. The number of sulfone groups is 1. The van der Waals surface area contributed by atoms with Crippen molar-refractivity contribution >= 4 is 9.84 Å². The summed E-state index contributed by atoms with van der Waals surface area (Å²) >= 11 is 0. The molecule has 0 radical (unpaired) electrons. The Morgan fingerprint density at radius 3 is 2.21 bits per heavy atom. The summed E-state index contributed by atoms with van der Waals surface area (Å²) < 4.78 is 23.2. The van der Waals surface area contributed by atoms with Crippen LogP contribution in [0.3, 0.4) is 0 Å². The molecule has 0 aromatic heterocycles. The summed E-state index contributed by atoms with van der Waals surface area (Å²) in [7, 11) is -2.91. The van der Waals surface area contributed by atoms with Crippen molar-refractivity contribution in [2.24, 2.45) is 5.92 Å². The van der Waals surface area contributed by atoms with E-state index in [-0.39, 0.29) is 11.5 Å². The van der Waals surface area contributed by atoms with Crippen molar-refractivity contribution in [1.82, 2.24) is 9.80 Å². The van der Waals surface area contributed by atoms with E-state index in [0.717, 1.165) is 13.1 Å². The van der Waals surface area contributed by atoms with E-state index in [0.29, 0.717) is 25.3 Å². The molecule has 1 atom stereocenters. The van der Waals surface area contributed by atoms with Crippen molar-refractivity contribution in [2.75, 3.05) is 50.8 Å². The largest absolute Gasteiger partial charge is 0.388 e. The van der Waals surface area contributed by atoms with Crippen molar-refractivity contribution in [3.8, 4) is 0 Å². The third-order valence-electron chi connectivity index (χ3n) is 6.09. The monoisotopic (exact) mass is 358 g/mol. The van der Waals surface area contributed by atoms with Crippen LogP contribution in [-0.2, 0) is 9.84 Å². The Labute approximate surface area is 147 Å². The van der Waals surface area contributed by atoms with Gasteiger partial charge < -0.3 is 14.9 Å². The number of nitrogens with zero attached hydrogens (tertiary/aromatic N) is 2. The van der Waals surface area contributed by atoms with Crippen LogP contribution in [0, 0.1) is 5.92 Å². The Hall–Kier alpha value is -0.170. The molecule has 0 bridgehead atoms. The van der Waals surface area contributed by atoms with Gasteiger partial charge in [-0.05, 0) is 64.1 Å². The van der Waals surface area contributed by atoms with E-state index in [1.165, 1.54) is 58.2 Å². The highest BCUT2D eigenvalue weighted by atomic mass is 32.2. The van der Waals surface area contributed by atoms with Crippen LogP contribution in [0.25, 0.3) is 0 Å². The summed E-state index contributed by atoms with van der Waals surface area (Å²) in [5, 5.41) is 10.8. The molecule has 3 aliphatic rings. The van der Waals surface area contributed by atoms with Crippen molar-refractivity contribution in [3.05, 3.63) is 0 Å². The summed E-state index contributed by atoms with van der Waals surface area (Å²) in [6.45, 7) is 6.45. The number of hydrogen-bond acceptors (Lipinski definition) is 5. The molecular weight excluding hydrogens is 324 g/mol. The van der Waals surface area contributed by atoms with Crippen molar-refractivity contribution in [2.45, 2.75) is 57.0 Å². The highest BCUT2D eigenvalue weighted by Crippen LogP contribution is 2.27. The SMILES string of the molecule is O=S1(=O)CCC(O)(CN2CCC[C@H](CN3CCCCCC3)C2)CC1. The lowest BCUT2D eigenvalue weighted by Gasteiger charge is -2.41. The number of rotatable bonds is 4. The standard InChI is InChI=1S/C18H34N2O3S/c21-18(7-12-24(22,23)13-8-18)16-20-11-5-6-17(15-20)14-19-9-3-1-2-4-10-19/h17,21H,1-16H2/t17-/m1/s1. The zero-order chi connectivity index (χ0) is 17.0. The molecule has 3 rings (SSSR count). The smallest absolute Gasteiger partial charge is 0.150 e. The zero-order valence-electron chi connectivity index (χ0n) is 15.0. The summed E-state index contributed by atoms with van der Waals surface area (Å²) in [6.07, 6.45) is 8.74. The molecule has 0 aromatic carbocycles. The highest BCUT2D eigenvalue weighted by Gasteiger charge is 2.37. The minimum absolute atomic E-state index is 0.147. The van der Waals surface area contributed by atoms with Crippen LogP contribution in [0.1, 0.15) is 51.4 Å². The quantitative estimate of drug-likeness (QED) is 0.825. The first kappa shape index (κ1) is 18.6. The molecular formula is C18H34N2O3S. The van der Waals surface area contributed by atoms with Crippen LogP contribution < -0.4 is 0 Å². The molecule has 0 aromatic rings. The third kappa shape index (κ3) is 5.41. The van der Waals surface area contributed by atoms with Crippen LogP contribution in [-0.4, -0.2) is 79.7 Å². The Kier molecular flexibility index (Phi) is 6.22. The predicted molar refractivity (Wildman–Crippen MR) is 96.9 cm³/mol. The summed E-state index contributed by atoms with van der Waals surface area (Å²) in [6, 6.07) is 0. The van der Waals surface area contributed by atoms with Crippen molar-refractivity contribution < 1.29 is 13.5 Å². The number of hydrogen-bond donors (Lipinski definition) is 1. The van der Waals surface area contributed by atoms with Gasteiger partial charge in [0.05, 0.1) is 17.1 Å². The molecule has 3 aliphatic heterocycles. The molecule has 6 heteroatoms. The van der Waals surface area contributed by atoms with E-state index >= 15 is 0 Å². The molecule has 3 heterocycles. The first-order chi connectivity index (χ1) is 11.4. The Balaban J connectivity index is 1.48. The van der Waals surface area contributed by atoms with Gasteiger partial charge in [0.25, 0.3) is 0 Å². The van der Waals surface area contributed by atoms with Crippen LogP contribution >= 0.6 is 0 Å². The maximum atomic E-state index is 11.6. The number of aliphatic hydroxyl groups is 1. The van der Waals surface area contributed by atoms with Gasteiger partial charge in [-0.15, -0.1) is 0 Å². The van der Waals surface area contributed by atoms with E-state index in [9.17, 15) is 13.5 Å². The second kappa shape index (κ2) is 8.02. The van der Waals surface area contributed by atoms with Crippen LogP contribution in [0.2, 0.25) is 0 Å². The molecule has 0 unspecified atom stereocenters. The molecule has 0 aliphatic carbocycles. The van der Waals surface area contributed by atoms with E-state index in [1.54, 1.807) is 0 Å². The molecule has 140 valence electrons. The van der Waals surface area contributed by atoms with Gasteiger partial charge in [0.1, 0.15) is 0 Å². The molecule has 3 fully saturated rings. The van der Waals surface area contributed by atoms with Gasteiger partial charge in [-0.25, -0.2) is 8.42 Å². The molecule has 0 amide bonds. The fourth-order valence-corrected chi connectivity index (χ4v) is 6.21. The fraction of sp³-hybridized carbons (Fsp3) is 1.00. The summed E-state index contributed by atoms with van der Waals surface area (Å²) in [5.41, 5.74) is -0.796. The third-order valence-corrected chi connectivity index (χ3v) is 7.75. The van der Waals surface area contributed by atoms with Gasteiger partial charge in [-0.3, -0.25) is 0 Å². The average Bonchev–Trinajstić information content (AvgIpc) is 2.80. The van der Waals surface area contributed by atoms with Gasteiger partial charge >= 0.3 is 0 Å². The zero-order valence-corrected chi connectivity index (χ0v) is 15.8. The fourth-order valence-electron chi connectivity index (χ4n) is 4.62. The first-order valence-electron chi connectivity index (χ1n) is 9.82. The maximum absolute atomic E-state index is 11.6. The predicted octanol–water partition coefficient (Wildman–Crippen LogP) is 1.51. The number of likely N-dealkylation sites (tertiary alicyclic amines) is 2. The van der Waals surface area contributed by atoms with Crippen LogP contribution in [0.4, 0.5) is 0 Å². The second-order valence-corrected chi connectivity index (χ2v) is 10.6. The molecule has 3 saturated heterocycles. The topological polar surface area (TPSA) is 60.9 Å². The highest BCUT2D eigenvalue weighted by molar-refractivity contribution is 7.91. The first-order valence-corrected chi connectivity index (χ1v) is 11.6. The van der Waals surface area contributed by atoms with Gasteiger partial charge in [0, 0.05) is 19.6 Å². The van der Waals surface area contributed by atoms with Crippen LogP contribution in [0.5, 0.6) is 0 Å². The normalized spacial score (nSPS) is 32.3. The molecule has 1 N–H and O–H groups in total. The van der Waals surface area contributed by atoms with Crippen molar-refractivity contribution in [3.63, 3.8) is 0 Å². The van der Waals surface area contributed by atoms with Gasteiger partial charge in [0.15, 0.2) is 9.84 Å². The molecule has 24 heavy (non-hydrogen) atoms. The molecule has 5 nitrogen and oxygen atoms in total. The lowest BCUT2D eigenvalue weighted by molar-refractivity contribution is -0.0170. The van der Waals surface area contributed by atoms with Gasteiger partial charge in [-0.2, -0.15) is 0 Å². The van der Waals surface area contributed by atoms with Crippen molar-refractivity contribution in [1.29, 1.82) is 0 Å². The lowest BCUT2D eigenvalue weighted by Crippen LogP contribution is -2.51. The molecule has 0 saturated carbocycles. The minimum atomic E-state index is -2.91. The van der Waals surface area contributed by atoms with Gasteiger partial charge in [-0.1, -0.05) is 12.8 Å². The molecule has 0 spiro atoms. The minimum Gasteiger partial charge on any atom is -0.388 e. The number of β-amino-alcohol motifs (C(OH)–C–C–N with tert-alkyl or cyclic N) is 1. The Morgan fingerprint density at radius 2 is 1.54 bits per heavy atom. The van der Waals surface area contributed by atoms with Gasteiger partial charge in [0.2, 0.25) is 0 Å². The second-order valence-electron chi connectivity index (χ2n) is 8.33. The van der Waals surface area contributed by atoms with Crippen LogP contribution in [0.15, 0.2) is 0 Å². The number of piperidine rings is 1. The summed E-state index contributed by atoms with van der Waals surface area (Å²) in [5.74, 6) is 0.996.